The number of alkyl halides is 3. The van der Waals surface area contributed by atoms with Crippen LogP contribution in [0.1, 0.15) is 24.1 Å². The van der Waals surface area contributed by atoms with E-state index in [1.54, 1.807) is 0 Å². The second kappa shape index (κ2) is 7.01. The van der Waals surface area contributed by atoms with Crippen molar-refractivity contribution in [2.45, 2.75) is 24.0 Å². The minimum atomic E-state index is -4.47. The molecule has 0 spiro atoms. The molecule has 0 aliphatic carbocycles. The van der Waals surface area contributed by atoms with E-state index in [1.165, 1.54) is 38.3 Å². The zero-order chi connectivity index (χ0) is 18.8. The molecule has 0 saturated carbocycles. The predicted molar refractivity (Wildman–Crippen MR) is 83.1 cm³/mol. The molecule has 2 rings (SSSR count). The summed E-state index contributed by atoms with van der Waals surface area (Å²) >= 11 is 0. The number of sulfonamides is 1. The molecule has 0 amide bonds. The van der Waals surface area contributed by atoms with Crippen molar-refractivity contribution in [2.24, 2.45) is 0 Å². The summed E-state index contributed by atoms with van der Waals surface area (Å²) in [5, 5.41) is 0. The van der Waals surface area contributed by atoms with Gasteiger partial charge in [-0.15, -0.1) is 0 Å². The highest BCUT2D eigenvalue weighted by Gasteiger charge is 2.30. The first kappa shape index (κ1) is 19.2. The summed E-state index contributed by atoms with van der Waals surface area (Å²) in [5.74, 6) is -0.942. The lowest BCUT2D eigenvalue weighted by atomic mass is 10.1. The molecule has 0 bridgehead atoms. The first-order valence-corrected chi connectivity index (χ1v) is 8.56. The third-order valence-corrected chi connectivity index (χ3v) is 5.04. The van der Waals surface area contributed by atoms with Gasteiger partial charge in [0.25, 0.3) is 0 Å². The Hall–Kier alpha value is -2.13. The number of rotatable bonds is 5. The Morgan fingerprint density at radius 2 is 1.68 bits per heavy atom. The van der Waals surface area contributed by atoms with Crippen molar-refractivity contribution in [3.63, 3.8) is 0 Å². The van der Waals surface area contributed by atoms with Crippen LogP contribution in [-0.2, 0) is 16.2 Å². The average molecular weight is 377 g/mol. The average Bonchev–Trinajstić information content (AvgIpc) is 2.53. The molecular weight excluding hydrogens is 362 g/mol. The van der Waals surface area contributed by atoms with Crippen LogP contribution in [0.5, 0.6) is 5.75 Å². The Morgan fingerprint density at radius 3 is 2.16 bits per heavy atom. The highest BCUT2D eigenvalue weighted by Crippen LogP contribution is 2.30. The maximum atomic E-state index is 13.7. The van der Waals surface area contributed by atoms with Crippen LogP contribution >= 0.6 is 0 Å². The second-order valence-corrected chi connectivity index (χ2v) is 6.97. The van der Waals surface area contributed by atoms with E-state index < -0.39 is 33.6 Å². The third kappa shape index (κ3) is 4.49. The number of methoxy groups -OCH3 is 1. The molecule has 0 aromatic heterocycles. The van der Waals surface area contributed by atoms with Crippen molar-refractivity contribution in [1.29, 1.82) is 0 Å². The third-order valence-electron chi connectivity index (χ3n) is 3.50. The summed E-state index contributed by atoms with van der Waals surface area (Å²) in [4.78, 5) is -0.315. The van der Waals surface area contributed by atoms with E-state index in [9.17, 15) is 26.0 Å². The zero-order valence-corrected chi connectivity index (χ0v) is 14.1. The highest BCUT2D eigenvalue weighted by atomic mass is 32.2. The van der Waals surface area contributed by atoms with Gasteiger partial charge in [-0.3, -0.25) is 0 Å². The van der Waals surface area contributed by atoms with E-state index in [1.807, 2.05) is 0 Å². The Morgan fingerprint density at radius 1 is 1.08 bits per heavy atom. The molecular formula is C16H15F4NO3S. The summed E-state index contributed by atoms with van der Waals surface area (Å²) < 4.78 is 82.9. The molecule has 1 atom stereocenters. The van der Waals surface area contributed by atoms with Crippen molar-refractivity contribution in [2.75, 3.05) is 7.11 Å². The van der Waals surface area contributed by atoms with E-state index >= 15 is 0 Å². The minimum absolute atomic E-state index is 0.102. The quantitative estimate of drug-likeness (QED) is 0.805. The van der Waals surface area contributed by atoms with Crippen molar-refractivity contribution in [3.8, 4) is 5.75 Å². The fourth-order valence-electron chi connectivity index (χ4n) is 2.14. The summed E-state index contributed by atoms with van der Waals surface area (Å²) in [6.45, 7) is 1.47. The van der Waals surface area contributed by atoms with Gasteiger partial charge in [-0.2, -0.15) is 13.2 Å². The SMILES string of the molecule is COc1ccc(S(=O)(=O)NC(C)c2ccc(C(F)(F)F)cc2)cc1F. The number of halogens is 4. The fraction of sp³-hybridized carbons (Fsp3) is 0.250. The molecule has 9 heteroatoms. The maximum absolute atomic E-state index is 13.7. The van der Waals surface area contributed by atoms with Crippen LogP contribution in [0.25, 0.3) is 0 Å². The Labute approximate surface area is 142 Å². The van der Waals surface area contributed by atoms with Crippen molar-refractivity contribution in [1.82, 2.24) is 4.72 Å². The van der Waals surface area contributed by atoms with Crippen molar-refractivity contribution in [3.05, 3.63) is 59.4 Å². The molecule has 0 saturated heterocycles. The van der Waals surface area contributed by atoms with Crippen LogP contribution < -0.4 is 9.46 Å². The molecule has 0 heterocycles. The monoisotopic (exact) mass is 377 g/mol. The summed E-state index contributed by atoms with van der Waals surface area (Å²) in [5.41, 5.74) is -0.492. The van der Waals surface area contributed by atoms with Crippen LogP contribution in [0.3, 0.4) is 0 Å². The first-order valence-electron chi connectivity index (χ1n) is 7.07. The Balaban J connectivity index is 2.21. The van der Waals surface area contributed by atoms with Gasteiger partial charge in [0.1, 0.15) is 0 Å². The molecule has 0 fully saturated rings. The Kier molecular flexibility index (Phi) is 5.38. The Bertz CT molecular complexity index is 849. The van der Waals surface area contributed by atoms with E-state index in [0.29, 0.717) is 5.56 Å². The largest absolute Gasteiger partial charge is 0.494 e. The number of hydrogen-bond donors (Lipinski definition) is 1. The summed E-state index contributed by atoms with van der Waals surface area (Å²) in [6.07, 6.45) is -4.47. The number of hydrogen-bond acceptors (Lipinski definition) is 3. The van der Waals surface area contributed by atoms with E-state index in [4.69, 9.17) is 4.74 Å². The van der Waals surface area contributed by atoms with Crippen LogP contribution in [0.4, 0.5) is 17.6 Å². The number of nitrogens with one attached hydrogen (secondary N) is 1. The molecule has 0 radical (unpaired) electrons. The van der Waals surface area contributed by atoms with E-state index in [2.05, 4.69) is 4.72 Å². The smallest absolute Gasteiger partial charge is 0.416 e. The fourth-order valence-corrected chi connectivity index (χ4v) is 3.39. The van der Waals surface area contributed by atoms with Crippen LogP contribution in [-0.4, -0.2) is 15.5 Å². The molecule has 1 unspecified atom stereocenters. The lowest BCUT2D eigenvalue weighted by molar-refractivity contribution is -0.137. The number of benzene rings is 2. The zero-order valence-electron chi connectivity index (χ0n) is 13.3. The standard InChI is InChI=1S/C16H15F4NO3S/c1-10(11-3-5-12(6-4-11)16(18,19)20)21-25(22,23)13-7-8-15(24-2)14(17)9-13/h3-10,21H,1-2H3. The van der Waals surface area contributed by atoms with Crippen LogP contribution in [0.2, 0.25) is 0 Å². The maximum Gasteiger partial charge on any atom is 0.416 e. The second-order valence-electron chi connectivity index (χ2n) is 5.26. The topological polar surface area (TPSA) is 55.4 Å². The van der Waals surface area contributed by atoms with Crippen molar-refractivity contribution < 1.29 is 30.7 Å². The lowest BCUT2D eigenvalue weighted by Gasteiger charge is -2.16. The molecule has 4 nitrogen and oxygen atoms in total. The van der Waals surface area contributed by atoms with Gasteiger partial charge in [0.15, 0.2) is 11.6 Å². The van der Waals surface area contributed by atoms with Crippen LogP contribution in [0, 0.1) is 5.82 Å². The molecule has 2 aromatic carbocycles. The van der Waals surface area contributed by atoms with E-state index in [0.717, 1.165) is 18.2 Å². The molecule has 0 aliphatic rings. The van der Waals surface area contributed by atoms with Gasteiger partial charge in [-0.1, -0.05) is 12.1 Å². The number of ether oxygens (including phenoxy) is 1. The van der Waals surface area contributed by atoms with E-state index in [-0.39, 0.29) is 10.6 Å². The van der Waals surface area contributed by atoms with Crippen molar-refractivity contribution >= 4 is 10.0 Å². The molecule has 2 aromatic rings. The first-order chi connectivity index (χ1) is 11.5. The minimum Gasteiger partial charge on any atom is -0.494 e. The summed E-state index contributed by atoms with van der Waals surface area (Å²) in [7, 11) is -2.81. The lowest BCUT2D eigenvalue weighted by Crippen LogP contribution is -2.27. The summed E-state index contributed by atoms with van der Waals surface area (Å²) in [6, 6.07) is 6.45. The van der Waals surface area contributed by atoms with Gasteiger partial charge in [0.2, 0.25) is 10.0 Å². The highest BCUT2D eigenvalue weighted by molar-refractivity contribution is 7.89. The van der Waals surface area contributed by atoms with Gasteiger partial charge < -0.3 is 4.74 Å². The van der Waals surface area contributed by atoms with Crippen LogP contribution in [0.15, 0.2) is 47.4 Å². The predicted octanol–water partition coefficient (Wildman–Crippen LogP) is 3.89. The van der Waals surface area contributed by atoms with Gasteiger partial charge in [0, 0.05) is 6.04 Å². The van der Waals surface area contributed by atoms with Gasteiger partial charge in [-0.05, 0) is 42.8 Å². The molecule has 25 heavy (non-hydrogen) atoms. The van der Waals surface area contributed by atoms with Gasteiger partial charge >= 0.3 is 6.18 Å². The molecule has 136 valence electrons. The molecule has 1 N–H and O–H groups in total. The molecule has 0 aliphatic heterocycles. The van der Waals surface area contributed by atoms with Gasteiger partial charge in [0.05, 0.1) is 17.6 Å². The van der Waals surface area contributed by atoms with Gasteiger partial charge in [-0.25, -0.2) is 17.5 Å². The normalized spacial score (nSPS) is 13.5.